The Hall–Kier alpha value is -3.62. The number of hydrogen-bond acceptors (Lipinski definition) is 5. The highest BCUT2D eigenvalue weighted by Crippen LogP contribution is 2.32. The molecule has 1 unspecified atom stereocenters. The van der Waals surface area contributed by atoms with Gasteiger partial charge in [-0.15, -0.1) is 0 Å². The molecule has 8 nitrogen and oxygen atoms in total. The van der Waals surface area contributed by atoms with Crippen molar-refractivity contribution in [3.8, 4) is 0 Å². The van der Waals surface area contributed by atoms with Gasteiger partial charge in [-0.2, -0.15) is 0 Å². The van der Waals surface area contributed by atoms with Crippen molar-refractivity contribution in [3.05, 3.63) is 65.5 Å². The Bertz CT molecular complexity index is 1010. The predicted molar refractivity (Wildman–Crippen MR) is 114 cm³/mol. The number of halogens is 1. The zero-order chi connectivity index (χ0) is 22.7. The predicted octanol–water partition coefficient (Wildman–Crippen LogP) is 3.02. The summed E-state index contributed by atoms with van der Waals surface area (Å²) in [7, 11) is 0. The minimum absolute atomic E-state index is 0.133. The van der Waals surface area contributed by atoms with E-state index in [9.17, 15) is 18.8 Å². The van der Waals surface area contributed by atoms with E-state index >= 15 is 0 Å². The molecule has 0 saturated carbocycles. The first-order valence-electron chi connectivity index (χ1n) is 10.4. The smallest absolute Gasteiger partial charge is 0.414 e. The van der Waals surface area contributed by atoms with E-state index < -0.39 is 24.1 Å². The monoisotopic (exact) mass is 441 g/mol. The number of carbonyl (C=O) groups is 3. The Kier molecular flexibility index (Phi) is 6.25. The van der Waals surface area contributed by atoms with Crippen molar-refractivity contribution >= 4 is 23.8 Å². The Morgan fingerprint density at radius 3 is 2.59 bits per heavy atom. The summed E-state index contributed by atoms with van der Waals surface area (Å²) in [6, 6.07) is 14.0. The van der Waals surface area contributed by atoms with Gasteiger partial charge in [0.05, 0.1) is 18.8 Å². The van der Waals surface area contributed by atoms with Gasteiger partial charge in [0.25, 0.3) is 0 Å². The fraction of sp³-hybridized carbons (Fsp3) is 0.348. The standard InChI is InChI=1S/C23H24FN3O5/c1-15(28)25-10-19-13-27(23(30)32-19)18-7-8-20(21(24)9-18)17-11-26(12-17)22(29)31-14-16-5-3-2-4-6-16/h2-9,17,19H,10-14H2,1H3,(H,25,28). The van der Waals surface area contributed by atoms with Crippen LogP contribution >= 0.6 is 0 Å². The van der Waals surface area contributed by atoms with Crippen molar-refractivity contribution in [2.24, 2.45) is 0 Å². The van der Waals surface area contributed by atoms with Gasteiger partial charge in [0.1, 0.15) is 18.5 Å². The Labute approximate surface area is 184 Å². The highest BCUT2D eigenvalue weighted by atomic mass is 19.1. The minimum atomic E-state index is -0.580. The number of likely N-dealkylation sites (tertiary alicyclic amines) is 1. The molecule has 2 aliphatic heterocycles. The second kappa shape index (κ2) is 9.25. The highest BCUT2D eigenvalue weighted by Gasteiger charge is 2.36. The number of carbonyl (C=O) groups excluding carboxylic acids is 3. The van der Waals surface area contributed by atoms with Crippen LogP contribution in [0.5, 0.6) is 0 Å². The van der Waals surface area contributed by atoms with Gasteiger partial charge in [0, 0.05) is 25.9 Å². The van der Waals surface area contributed by atoms with Crippen LogP contribution in [0.2, 0.25) is 0 Å². The number of rotatable bonds is 6. The summed E-state index contributed by atoms with van der Waals surface area (Å²) in [5.41, 5.74) is 1.78. The summed E-state index contributed by atoms with van der Waals surface area (Å²) in [5, 5.41) is 2.60. The maximum Gasteiger partial charge on any atom is 0.414 e. The minimum Gasteiger partial charge on any atom is -0.445 e. The van der Waals surface area contributed by atoms with Crippen LogP contribution in [0, 0.1) is 5.82 Å². The Morgan fingerprint density at radius 2 is 1.91 bits per heavy atom. The molecule has 32 heavy (non-hydrogen) atoms. The molecule has 1 N–H and O–H groups in total. The zero-order valence-corrected chi connectivity index (χ0v) is 17.6. The van der Waals surface area contributed by atoms with Crippen LogP contribution < -0.4 is 10.2 Å². The van der Waals surface area contributed by atoms with Gasteiger partial charge in [0.2, 0.25) is 5.91 Å². The first-order valence-corrected chi connectivity index (χ1v) is 10.4. The van der Waals surface area contributed by atoms with Crippen molar-refractivity contribution in [1.29, 1.82) is 0 Å². The molecule has 2 heterocycles. The van der Waals surface area contributed by atoms with Crippen LogP contribution in [0.4, 0.5) is 19.7 Å². The lowest BCUT2D eigenvalue weighted by atomic mass is 9.91. The van der Waals surface area contributed by atoms with E-state index in [0.29, 0.717) is 24.3 Å². The quantitative estimate of drug-likeness (QED) is 0.745. The molecule has 2 fully saturated rings. The molecular formula is C23H24FN3O5. The Morgan fingerprint density at radius 1 is 1.16 bits per heavy atom. The molecular weight excluding hydrogens is 417 g/mol. The normalized spacial score (nSPS) is 18.2. The van der Waals surface area contributed by atoms with Gasteiger partial charge in [-0.1, -0.05) is 36.4 Å². The molecule has 3 amide bonds. The average Bonchev–Trinajstić information content (AvgIpc) is 3.12. The third-order valence-corrected chi connectivity index (χ3v) is 5.53. The van der Waals surface area contributed by atoms with Crippen LogP contribution in [0.1, 0.15) is 24.0 Å². The lowest BCUT2D eigenvalue weighted by molar-refractivity contribution is -0.119. The molecule has 4 rings (SSSR count). The number of hydrogen-bond donors (Lipinski definition) is 1. The van der Waals surface area contributed by atoms with Crippen LogP contribution in [-0.2, 0) is 20.9 Å². The number of nitrogens with one attached hydrogen (secondary N) is 1. The maximum absolute atomic E-state index is 14.8. The average molecular weight is 441 g/mol. The summed E-state index contributed by atoms with van der Waals surface area (Å²) >= 11 is 0. The van der Waals surface area contributed by atoms with Gasteiger partial charge in [-0.05, 0) is 23.3 Å². The van der Waals surface area contributed by atoms with Gasteiger partial charge in [-0.25, -0.2) is 14.0 Å². The van der Waals surface area contributed by atoms with Crippen molar-refractivity contribution in [1.82, 2.24) is 10.2 Å². The molecule has 1 atom stereocenters. The number of ether oxygens (including phenoxy) is 2. The summed E-state index contributed by atoms with van der Waals surface area (Å²) in [6.07, 6.45) is -1.49. The molecule has 0 aliphatic carbocycles. The summed E-state index contributed by atoms with van der Waals surface area (Å²) in [4.78, 5) is 38.2. The molecule has 0 spiro atoms. The lowest BCUT2D eigenvalue weighted by Crippen LogP contribution is -2.48. The Balaban J connectivity index is 1.30. The number of amides is 3. The SMILES string of the molecule is CC(=O)NCC1CN(c2ccc(C3CN(C(=O)OCc4ccccc4)C3)c(F)c2)C(=O)O1. The molecule has 0 aromatic heterocycles. The number of nitrogens with zero attached hydrogens (tertiary/aromatic N) is 2. The zero-order valence-electron chi connectivity index (χ0n) is 17.6. The third kappa shape index (κ3) is 4.82. The molecule has 2 aromatic rings. The summed E-state index contributed by atoms with van der Waals surface area (Å²) in [5.74, 6) is -0.789. The third-order valence-electron chi connectivity index (χ3n) is 5.53. The molecule has 2 saturated heterocycles. The first kappa shape index (κ1) is 21.6. The van der Waals surface area contributed by atoms with Gasteiger partial charge >= 0.3 is 12.2 Å². The lowest BCUT2D eigenvalue weighted by Gasteiger charge is -2.38. The molecule has 0 bridgehead atoms. The summed E-state index contributed by atoms with van der Waals surface area (Å²) < 4.78 is 25.3. The van der Waals surface area contributed by atoms with Crippen molar-refractivity contribution in [2.75, 3.05) is 31.1 Å². The van der Waals surface area contributed by atoms with Crippen molar-refractivity contribution < 1.29 is 28.2 Å². The number of anilines is 1. The fourth-order valence-electron chi connectivity index (χ4n) is 3.75. The second-order valence-electron chi connectivity index (χ2n) is 7.90. The van der Waals surface area contributed by atoms with E-state index in [1.54, 1.807) is 12.1 Å². The van der Waals surface area contributed by atoms with Crippen LogP contribution in [0.25, 0.3) is 0 Å². The topological polar surface area (TPSA) is 88.2 Å². The number of benzene rings is 2. The van der Waals surface area contributed by atoms with Crippen molar-refractivity contribution in [2.45, 2.75) is 25.6 Å². The summed E-state index contributed by atoms with van der Waals surface area (Å²) in [6.45, 7) is 2.74. The van der Waals surface area contributed by atoms with E-state index in [1.165, 1.54) is 22.8 Å². The van der Waals surface area contributed by atoms with E-state index in [1.807, 2.05) is 30.3 Å². The molecule has 0 radical (unpaired) electrons. The van der Waals surface area contributed by atoms with E-state index in [-0.39, 0.29) is 31.5 Å². The molecule has 2 aliphatic rings. The molecule has 2 aromatic carbocycles. The van der Waals surface area contributed by atoms with Crippen LogP contribution in [0.3, 0.4) is 0 Å². The van der Waals surface area contributed by atoms with Crippen LogP contribution in [-0.4, -0.2) is 55.3 Å². The van der Waals surface area contributed by atoms with Gasteiger partial charge < -0.3 is 19.7 Å². The fourth-order valence-corrected chi connectivity index (χ4v) is 3.75. The van der Waals surface area contributed by atoms with E-state index in [4.69, 9.17) is 9.47 Å². The van der Waals surface area contributed by atoms with E-state index in [2.05, 4.69) is 5.32 Å². The van der Waals surface area contributed by atoms with E-state index in [0.717, 1.165) is 5.56 Å². The van der Waals surface area contributed by atoms with Gasteiger partial charge in [0.15, 0.2) is 0 Å². The highest BCUT2D eigenvalue weighted by molar-refractivity contribution is 5.89. The first-order chi connectivity index (χ1) is 15.4. The molecule has 9 heteroatoms. The van der Waals surface area contributed by atoms with Crippen molar-refractivity contribution in [3.63, 3.8) is 0 Å². The number of cyclic esters (lactones) is 1. The largest absolute Gasteiger partial charge is 0.445 e. The van der Waals surface area contributed by atoms with Crippen LogP contribution in [0.15, 0.2) is 48.5 Å². The molecule has 168 valence electrons. The maximum atomic E-state index is 14.8. The van der Waals surface area contributed by atoms with Gasteiger partial charge in [-0.3, -0.25) is 9.69 Å². The second-order valence-corrected chi connectivity index (χ2v) is 7.90.